The maximum absolute atomic E-state index is 11.8. The molecule has 0 spiro atoms. The Morgan fingerprint density at radius 2 is 2.20 bits per heavy atom. The van der Waals surface area contributed by atoms with Gasteiger partial charge in [0.05, 0.1) is 22.6 Å². The van der Waals surface area contributed by atoms with Crippen LogP contribution in [0.15, 0.2) is 0 Å². The van der Waals surface area contributed by atoms with Gasteiger partial charge in [-0.15, -0.1) is 0 Å². The second-order valence-electron chi connectivity index (χ2n) is 4.27. The zero-order valence-electron chi connectivity index (χ0n) is 9.05. The van der Waals surface area contributed by atoms with Crippen LogP contribution in [-0.2, 0) is 4.79 Å². The first-order chi connectivity index (χ1) is 7.03. The van der Waals surface area contributed by atoms with E-state index in [9.17, 15) is 4.79 Å². The summed E-state index contributed by atoms with van der Waals surface area (Å²) in [5, 5.41) is 9.68. The van der Waals surface area contributed by atoms with E-state index in [4.69, 9.17) is 5.73 Å². The summed E-state index contributed by atoms with van der Waals surface area (Å²) in [6.45, 7) is 3.72. The van der Waals surface area contributed by atoms with Crippen LogP contribution in [0.1, 0.15) is 30.7 Å². The van der Waals surface area contributed by atoms with E-state index >= 15 is 0 Å². The van der Waals surface area contributed by atoms with Gasteiger partial charge in [-0.25, -0.2) is 0 Å². The highest BCUT2D eigenvalue weighted by atomic mass is 16.2. The molecule has 1 aliphatic rings. The smallest absolute Gasteiger partial charge is 0.244 e. The van der Waals surface area contributed by atoms with Crippen molar-refractivity contribution < 1.29 is 4.79 Å². The molecule has 2 rings (SSSR count). The van der Waals surface area contributed by atoms with Gasteiger partial charge in [-0.3, -0.25) is 9.89 Å². The number of carbonyl (C=O) groups excluding carboxylic acids is 1. The fourth-order valence-corrected chi connectivity index (χ4v) is 1.76. The number of amides is 1. The molecule has 1 amide bonds. The Kier molecular flexibility index (Phi) is 2.26. The highest BCUT2D eigenvalue weighted by Crippen LogP contribution is 2.30. The predicted octanol–water partition coefficient (Wildman–Crippen LogP) is 0.846. The summed E-state index contributed by atoms with van der Waals surface area (Å²) in [6.07, 6.45) is 2.58. The topological polar surface area (TPSA) is 83.8 Å². The van der Waals surface area contributed by atoms with E-state index in [1.54, 1.807) is 0 Å². The molecule has 0 bridgehead atoms. The number of H-pyrrole nitrogens is 1. The molecule has 0 unspecified atom stereocenters. The Balaban J connectivity index is 2.12. The van der Waals surface area contributed by atoms with E-state index in [0.29, 0.717) is 0 Å². The molecule has 1 aliphatic carbocycles. The van der Waals surface area contributed by atoms with Crippen LogP contribution in [0.2, 0.25) is 0 Å². The Hall–Kier alpha value is -1.36. The number of carbonyl (C=O) groups is 1. The summed E-state index contributed by atoms with van der Waals surface area (Å²) in [5.74, 6) is -0.0960. The standard InChI is InChI=1S/C10H16N4O/c1-6-8(7(2)14-13-6)12-9(15)10(11)4-3-5-10/h3-5,11H2,1-2H3,(H,12,15)(H,13,14). The number of hydrogen-bond donors (Lipinski definition) is 3. The van der Waals surface area contributed by atoms with Gasteiger partial charge in [0, 0.05) is 0 Å². The molecule has 1 aromatic heterocycles. The molecule has 82 valence electrons. The average molecular weight is 208 g/mol. The monoisotopic (exact) mass is 208 g/mol. The van der Waals surface area contributed by atoms with Crippen LogP contribution in [0, 0.1) is 13.8 Å². The summed E-state index contributed by atoms with van der Waals surface area (Å²) in [7, 11) is 0. The fourth-order valence-electron chi connectivity index (χ4n) is 1.76. The quantitative estimate of drug-likeness (QED) is 0.673. The molecule has 1 heterocycles. The highest BCUT2D eigenvalue weighted by molar-refractivity contribution is 5.99. The first kappa shape index (κ1) is 10.2. The van der Waals surface area contributed by atoms with Gasteiger partial charge in [0.2, 0.25) is 5.91 Å². The number of nitrogens with two attached hydrogens (primary N) is 1. The van der Waals surface area contributed by atoms with Crippen molar-refractivity contribution in [3.63, 3.8) is 0 Å². The summed E-state index contributed by atoms with van der Waals surface area (Å²) < 4.78 is 0. The average Bonchev–Trinajstić information content (AvgIpc) is 2.45. The van der Waals surface area contributed by atoms with Crippen LogP contribution in [0.25, 0.3) is 0 Å². The molecule has 4 N–H and O–H groups in total. The Morgan fingerprint density at radius 3 is 2.60 bits per heavy atom. The first-order valence-electron chi connectivity index (χ1n) is 5.15. The van der Waals surface area contributed by atoms with E-state index < -0.39 is 5.54 Å². The molecule has 0 aromatic carbocycles. The molecule has 5 nitrogen and oxygen atoms in total. The number of aromatic amines is 1. The van der Waals surface area contributed by atoms with Crippen LogP contribution in [0.5, 0.6) is 0 Å². The molecule has 1 fully saturated rings. The number of aryl methyl sites for hydroxylation is 2. The Bertz CT molecular complexity index is 373. The van der Waals surface area contributed by atoms with Crippen LogP contribution in [-0.4, -0.2) is 21.6 Å². The van der Waals surface area contributed by atoms with E-state index in [2.05, 4.69) is 15.5 Å². The van der Waals surface area contributed by atoms with Gasteiger partial charge in [0.15, 0.2) is 0 Å². The highest BCUT2D eigenvalue weighted by Gasteiger charge is 2.40. The maximum atomic E-state index is 11.8. The van der Waals surface area contributed by atoms with Crippen molar-refractivity contribution in [2.75, 3.05) is 5.32 Å². The minimum absolute atomic E-state index is 0.0960. The van der Waals surface area contributed by atoms with E-state index in [0.717, 1.165) is 36.3 Å². The van der Waals surface area contributed by atoms with Crippen LogP contribution < -0.4 is 11.1 Å². The molecule has 1 aromatic rings. The largest absolute Gasteiger partial charge is 0.321 e. The SMILES string of the molecule is Cc1n[nH]c(C)c1NC(=O)C1(N)CCC1. The van der Waals surface area contributed by atoms with Crippen LogP contribution in [0.4, 0.5) is 5.69 Å². The third-order valence-corrected chi connectivity index (χ3v) is 3.06. The lowest BCUT2D eigenvalue weighted by Gasteiger charge is -2.36. The lowest BCUT2D eigenvalue weighted by atomic mass is 9.77. The Labute approximate surface area is 88.4 Å². The van der Waals surface area contributed by atoms with Crippen molar-refractivity contribution in [1.82, 2.24) is 10.2 Å². The zero-order chi connectivity index (χ0) is 11.1. The van der Waals surface area contributed by atoms with Crippen molar-refractivity contribution in [2.24, 2.45) is 5.73 Å². The molecule has 0 atom stereocenters. The van der Waals surface area contributed by atoms with Gasteiger partial charge in [0.25, 0.3) is 0 Å². The number of nitrogens with one attached hydrogen (secondary N) is 2. The van der Waals surface area contributed by atoms with Crippen molar-refractivity contribution in [3.8, 4) is 0 Å². The number of rotatable bonds is 2. The molecular weight excluding hydrogens is 192 g/mol. The second-order valence-corrected chi connectivity index (χ2v) is 4.27. The van der Waals surface area contributed by atoms with E-state index in [1.165, 1.54) is 0 Å². The minimum atomic E-state index is -0.657. The first-order valence-corrected chi connectivity index (χ1v) is 5.15. The molecule has 0 aliphatic heterocycles. The number of aromatic nitrogens is 2. The van der Waals surface area contributed by atoms with Crippen molar-refractivity contribution >= 4 is 11.6 Å². The molecule has 0 radical (unpaired) electrons. The summed E-state index contributed by atoms with van der Waals surface area (Å²) >= 11 is 0. The van der Waals surface area contributed by atoms with Crippen LogP contribution >= 0.6 is 0 Å². The molecule has 5 heteroatoms. The summed E-state index contributed by atoms with van der Waals surface area (Å²) in [4.78, 5) is 11.8. The van der Waals surface area contributed by atoms with Crippen molar-refractivity contribution in [3.05, 3.63) is 11.4 Å². The molecule has 0 saturated heterocycles. The fraction of sp³-hybridized carbons (Fsp3) is 0.600. The normalized spacial score (nSPS) is 18.3. The minimum Gasteiger partial charge on any atom is -0.321 e. The van der Waals surface area contributed by atoms with Crippen molar-refractivity contribution in [2.45, 2.75) is 38.6 Å². The van der Waals surface area contributed by atoms with E-state index in [1.807, 2.05) is 13.8 Å². The number of hydrogen-bond acceptors (Lipinski definition) is 3. The lowest BCUT2D eigenvalue weighted by Crippen LogP contribution is -2.56. The number of nitrogens with zero attached hydrogens (tertiary/aromatic N) is 1. The number of anilines is 1. The van der Waals surface area contributed by atoms with E-state index in [-0.39, 0.29) is 5.91 Å². The zero-order valence-corrected chi connectivity index (χ0v) is 9.05. The molecule has 1 saturated carbocycles. The van der Waals surface area contributed by atoms with Gasteiger partial charge >= 0.3 is 0 Å². The van der Waals surface area contributed by atoms with Gasteiger partial charge in [-0.1, -0.05) is 0 Å². The second kappa shape index (κ2) is 3.34. The molecule has 15 heavy (non-hydrogen) atoms. The summed E-state index contributed by atoms with van der Waals surface area (Å²) in [5.41, 5.74) is 7.68. The third kappa shape index (κ3) is 1.63. The third-order valence-electron chi connectivity index (χ3n) is 3.06. The van der Waals surface area contributed by atoms with Crippen LogP contribution in [0.3, 0.4) is 0 Å². The maximum Gasteiger partial charge on any atom is 0.244 e. The van der Waals surface area contributed by atoms with Gasteiger partial charge in [-0.2, -0.15) is 5.10 Å². The lowest BCUT2D eigenvalue weighted by molar-refractivity contribution is -0.123. The predicted molar refractivity (Wildman–Crippen MR) is 57.5 cm³/mol. The van der Waals surface area contributed by atoms with Gasteiger partial charge in [0.1, 0.15) is 0 Å². The van der Waals surface area contributed by atoms with Crippen molar-refractivity contribution in [1.29, 1.82) is 0 Å². The summed E-state index contributed by atoms with van der Waals surface area (Å²) in [6, 6.07) is 0. The Morgan fingerprint density at radius 1 is 1.53 bits per heavy atom. The van der Waals surface area contributed by atoms with Gasteiger partial charge < -0.3 is 11.1 Å². The van der Waals surface area contributed by atoms with Gasteiger partial charge in [-0.05, 0) is 33.1 Å². The molecular formula is C10H16N4O.